The number of nitrogens with zero attached hydrogens (tertiary/aromatic N) is 1. The van der Waals surface area contributed by atoms with Gasteiger partial charge < -0.3 is 10.1 Å². The molecule has 0 aromatic rings. The van der Waals surface area contributed by atoms with Crippen LogP contribution in [0.25, 0.3) is 0 Å². The summed E-state index contributed by atoms with van der Waals surface area (Å²) in [5, 5.41) is 2.97. The molecular weight excluding hydrogens is 216 g/mol. The Morgan fingerprint density at radius 3 is 2.76 bits per heavy atom. The quantitative estimate of drug-likeness (QED) is 0.821. The number of hydrogen-bond donors (Lipinski definition) is 1. The Bertz CT molecular complexity index is 252. The molecular formula is C13H24N2O2. The van der Waals surface area contributed by atoms with Crippen molar-refractivity contribution < 1.29 is 9.53 Å². The Kier molecular flexibility index (Phi) is 4.66. The summed E-state index contributed by atoms with van der Waals surface area (Å²) in [5.74, 6) is 0. The molecule has 1 heterocycles. The fourth-order valence-corrected chi connectivity index (χ4v) is 3.06. The van der Waals surface area contributed by atoms with Crippen LogP contribution < -0.4 is 5.32 Å². The largest absolute Gasteiger partial charge is 0.450 e. The van der Waals surface area contributed by atoms with Crippen molar-refractivity contribution in [2.75, 3.05) is 19.7 Å². The van der Waals surface area contributed by atoms with E-state index >= 15 is 0 Å². The second-order valence-corrected chi connectivity index (χ2v) is 5.14. The van der Waals surface area contributed by atoms with Gasteiger partial charge in [-0.3, -0.25) is 4.90 Å². The van der Waals surface area contributed by atoms with E-state index in [1.807, 2.05) is 6.92 Å². The zero-order valence-corrected chi connectivity index (χ0v) is 10.8. The van der Waals surface area contributed by atoms with Crippen molar-refractivity contribution >= 4 is 6.09 Å². The van der Waals surface area contributed by atoms with Gasteiger partial charge in [0.1, 0.15) is 0 Å². The highest BCUT2D eigenvalue weighted by atomic mass is 16.5. The van der Waals surface area contributed by atoms with Gasteiger partial charge in [-0.15, -0.1) is 0 Å². The monoisotopic (exact) mass is 240 g/mol. The van der Waals surface area contributed by atoms with Crippen LogP contribution in [0.5, 0.6) is 0 Å². The highest BCUT2D eigenvalue weighted by Crippen LogP contribution is 2.26. The van der Waals surface area contributed by atoms with Crippen LogP contribution in [-0.4, -0.2) is 42.8 Å². The first-order valence-corrected chi connectivity index (χ1v) is 6.97. The van der Waals surface area contributed by atoms with E-state index in [0.29, 0.717) is 6.61 Å². The minimum absolute atomic E-state index is 0.259. The van der Waals surface area contributed by atoms with Crippen molar-refractivity contribution in [3.63, 3.8) is 0 Å². The van der Waals surface area contributed by atoms with Crippen LogP contribution in [0, 0.1) is 0 Å². The Labute approximate surface area is 104 Å². The number of alkyl carbamates (subject to hydrolysis) is 1. The fourth-order valence-electron chi connectivity index (χ4n) is 3.06. The molecule has 0 aromatic heterocycles. The number of carbonyl (C=O) groups is 1. The number of nitrogens with one attached hydrogen (secondary N) is 1. The molecule has 4 heteroatoms. The third-order valence-electron chi connectivity index (χ3n) is 3.89. The van der Waals surface area contributed by atoms with Crippen LogP contribution in [-0.2, 0) is 4.74 Å². The summed E-state index contributed by atoms with van der Waals surface area (Å²) in [6, 6.07) is 1.05. The Morgan fingerprint density at radius 1 is 1.29 bits per heavy atom. The van der Waals surface area contributed by atoms with Crippen molar-refractivity contribution in [2.24, 2.45) is 0 Å². The van der Waals surface area contributed by atoms with Gasteiger partial charge in [-0.05, 0) is 39.2 Å². The van der Waals surface area contributed by atoms with Gasteiger partial charge in [0.2, 0.25) is 0 Å². The highest BCUT2D eigenvalue weighted by molar-refractivity contribution is 5.67. The third kappa shape index (κ3) is 3.60. The smallest absolute Gasteiger partial charge is 0.407 e. The van der Waals surface area contributed by atoms with Crippen LogP contribution >= 0.6 is 0 Å². The lowest BCUT2D eigenvalue weighted by molar-refractivity contribution is 0.118. The maximum Gasteiger partial charge on any atom is 0.407 e. The second kappa shape index (κ2) is 6.24. The minimum Gasteiger partial charge on any atom is -0.450 e. The summed E-state index contributed by atoms with van der Waals surface area (Å²) in [6.07, 6.45) is 7.44. The van der Waals surface area contributed by atoms with Crippen molar-refractivity contribution in [3.8, 4) is 0 Å². The van der Waals surface area contributed by atoms with Crippen molar-refractivity contribution in [1.29, 1.82) is 0 Å². The molecule has 1 aliphatic carbocycles. The lowest BCUT2D eigenvalue weighted by Gasteiger charge is -2.36. The summed E-state index contributed by atoms with van der Waals surface area (Å²) >= 11 is 0. The first-order chi connectivity index (χ1) is 8.29. The molecule has 1 N–H and O–H groups in total. The Hall–Kier alpha value is -0.770. The first kappa shape index (κ1) is 12.7. The number of rotatable bonds is 3. The molecule has 2 rings (SSSR count). The molecule has 1 amide bonds. The van der Waals surface area contributed by atoms with E-state index in [9.17, 15) is 4.79 Å². The molecule has 0 radical (unpaired) electrons. The van der Waals surface area contributed by atoms with E-state index in [1.165, 1.54) is 38.6 Å². The van der Waals surface area contributed by atoms with E-state index in [4.69, 9.17) is 4.74 Å². The molecule has 0 aromatic carbocycles. The number of piperidine rings is 1. The average Bonchev–Trinajstić information content (AvgIpc) is 2.83. The number of hydrogen-bond acceptors (Lipinski definition) is 3. The van der Waals surface area contributed by atoms with Gasteiger partial charge in [-0.1, -0.05) is 12.8 Å². The number of ether oxygens (including phenoxy) is 1. The fraction of sp³-hybridized carbons (Fsp3) is 0.923. The molecule has 0 spiro atoms. The standard InChI is InChI=1S/C13H24N2O2/c1-2-17-13(16)14-11-6-5-9-15(10-11)12-7-3-4-8-12/h11-12H,2-10H2,1H3,(H,14,16). The van der Waals surface area contributed by atoms with Gasteiger partial charge in [0.25, 0.3) is 0 Å². The lowest BCUT2D eigenvalue weighted by atomic mass is 10.0. The number of likely N-dealkylation sites (tertiary alicyclic amines) is 1. The number of carbonyl (C=O) groups excluding carboxylic acids is 1. The van der Waals surface area contributed by atoms with E-state index in [-0.39, 0.29) is 12.1 Å². The second-order valence-electron chi connectivity index (χ2n) is 5.14. The van der Waals surface area contributed by atoms with Gasteiger partial charge in [0, 0.05) is 18.6 Å². The normalized spacial score (nSPS) is 27.0. The summed E-state index contributed by atoms with van der Waals surface area (Å²) in [4.78, 5) is 14.0. The third-order valence-corrected chi connectivity index (χ3v) is 3.89. The van der Waals surface area contributed by atoms with Crippen molar-refractivity contribution in [2.45, 2.75) is 57.5 Å². The van der Waals surface area contributed by atoms with Crippen molar-refractivity contribution in [1.82, 2.24) is 10.2 Å². The zero-order chi connectivity index (χ0) is 12.1. The average molecular weight is 240 g/mol. The molecule has 1 atom stereocenters. The first-order valence-electron chi connectivity index (χ1n) is 6.97. The lowest BCUT2D eigenvalue weighted by Crippen LogP contribution is -2.50. The molecule has 1 saturated heterocycles. The molecule has 1 unspecified atom stereocenters. The molecule has 98 valence electrons. The molecule has 2 fully saturated rings. The van der Waals surface area contributed by atoms with Crippen LogP contribution in [0.3, 0.4) is 0 Å². The van der Waals surface area contributed by atoms with E-state index in [2.05, 4.69) is 10.2 Å². The van der Waals surface area contributed by atoms with Gasteiger partial charge in [0.05, 0.1) is 6.61 Å². The Balaban J connectivity index is 1.77. The van der Waals surface area contributed by atoms with E-state index in [0.717, 1.165) is 19.0 Å². The minimum atomic E-state index is -0.259. The molecule has 4 nitrogen and oxygen atoms in total. The summed E-state index contributed by atoms with van der Waals surface area (Å²) in [7, 11) is 0. The molecule has 1 saturated carbocycles. The van der Waals surface area contributed by atoms with Crippen molar-refractivity contribution in [3.05, 3.63) is 0 Å². The predicted molar refractivity (Wildman–Crippen MR) is 67.0 cm³/mol. The summed E-state index contributed by atoms with van der Waals surface area (Å²) in [5.41, 5.74) is 0. The summed E-state index contributed by atoms with van der Waals surface area (Å²) in [6.45, 7) is 4.49. The number of amides is 1. The van der Waals surface area contributed by atoms with Gasteiger partial charge in [-0.25, -0.2) is 4.79 Å². The molecule has 2 aliphatic rings. The van der Waals surface area contributed by atoms with Crippen LogP contribution in [0.2, 0.25) is 0 Å². The predicted octanol–water partition coefficient (Wildman–Crippen LogP) is 2.14. The Morgan fingerprint density at radius 2 is 2.06 bits per heavy atom. The van der Waals surface area contributed by atoms with Crippen LogP contribution in [0.1, 0.15) is 45.4 Å². The highest BCUT2D eigenvalue weighted by Gasteiger charge is 2.28. The van der Waals surface area contributed by atoms with Crippen LogP contribution in [0.4, 0.5) is 4.79 Å². The van der Waals surface area contributed by atoms with Gasteiger partial charge in [0.15, 0.2) is 0 Å². The maximum absolute atomic E-state index is 11.4. The molecule has 0 bridgehead atoms. The molecule has 1 aliphatic heterocycles. The summed E-state index contributed by atoms with van der Waals surface area (Å²) < 4.78 is 4.94. The zero-order valence-electron chi connectivity index (χ0n) is 10.8. The van der Waals surface area contributed by atoms with Gasteiger partial charge >= 0.3 is 6.09 Å². The van der Waals surface area contributed by atoms with Crippen LogP contribution in [0.15, 0.2) is 0 Å². The van der Waals surface area contributed by atoms with E-state index in [1.54, 1.807) is 0 Å². The SMILES string of the molecule is CCOC(=O)NC1CCCN(C2CCCC2)C1. The topological polar surface area (TPSA) is 41.6 Å². The van der Waals surface area contributed by atoms with Gasteiger partial charge in [-0.2, -0.15) is 0 Å². The molecule has 17 heavy (non-hydrogen) atoms. The maximum atomic E-state index is 11.4. The van der Waals surface area contributed by atoms with E-state index < -0.39 is 0 Å².